The average Bonchev–Trinajstić information content (AvgIpc) is 1.62. The summed E-state index contributed by atoms with van der Waals surface area (Å²) in [5.74, 6) is 0.726. The van der Waals surface area contributed by atoms with Gasteiger partial charge in [-0.2, -0.15) is 0 Å². The Labute approximate surface area is 107 Å². The Morgan fingerprint density at radius 1 is 1.40 bits per heavy atom. The number of hydrogen-bond donors (Lipinski definition) is 0. The van der Waals surface area contributed by atoms with Crippen LogP contribution in [0.2, 0.25) is 0 Å². The molecule has 10 heavy (non-hydrogen) atoms. The van der Waals surface area contributed by atoms with Gasteiger partial charge in [0.2, 0.25) is 0 Å². The molecule has 0 radical (unpaired) electrons. The topological polar surface area (TPSA) is 23.8 Å². The van der Waals surface area contributed by atoms with E-state index < -0.39 is 0 Å². The van der Waals surface area contributed by atoms with Crippen molar-refractivity contribution in [3.63, 3.8) is 0 Å². The predicted octanol–water partition coefficient (Wildman–Crippen LogP) is -0.131. The van der Waals surface area contributed by atoms with Crippen LogP contribution in [0.3, 0.4) is 0 Å². The van der Waals surface area contributed by atoms with E-state index in [1.165, 1.54) is 19.3 Å². The van der Waals surface area contributed by atoms with Crippen LogP contribution in [0.15, 0.2) is 0 Å². The summed E-state index contributed by atoms with van der Waals surface area (Å²) in [7, 11) is 0. The Kier molecular flexibility index (Phi) is 5.31. The first kappa shape index (κ1) is 11.6. The zero-order valence-corrected chi connectivity index (χ0v) is 10.5. The molecule has 1 fully saturated rings. The molecule has 1 aliphatic rings. The fourth-order valence-corrected chi connectivity index (χ4v) is 1.59. The van der Waals surface area contributed by atoms with Crippen molar-refractivity contribution >= 4 is 0 Å². The maximum Gasteiger partial charge on any atom is 1.00 e. The third kappa shape index (κ3) is 2.05. The molecule has 54 valence electrons. The van der Waals surface area contributed by atoms with Crippen molar-refractivity contribution in [2.24, 2.45) is 11.3 Å². The van der Waals surface area contributed by atoms with Gasteiger partial charge in [-0.3, -0.25) is 0 Å². The number of rotatable bonds is 2. The SMILES string of the molecule is CC(C)C1(C[NH-])CCC1.[K+]. The van der Waals surface area contributed by atoms with Crippen molar-refractivity contribution in [1.82, 2.24) is 0 Å². The Morgan fingerprint density at radius 3 is 1.90 bits per heavy atom. The molecule has 1 aliphatic carbocycles. The molecule has 0 aliphatic heterocycles. The van der Waals surface area contributed by atoms with Gasteiger partial charge in [0.1, 0.15) is 0 Å². The van der Waals surface area contributed by atoms with E-state index in [1.54, 1.807) is 0 Å². The molecule has 0 aromatic rings. The van der Waals surface area contributed by atoms with E-state index in [4.69, 9.17) is 5.73 Å². The minimum atomic E-state index is 0. The fourth-order valence-electron chi connectivity index (χ4n) is 1.59. The fraction of sp³-hybridized carbons (Fsp3) is 1.00. The van der Waals surface area contributed by atoms with E-state index in [0.717, 1.165) is 5.92 Å². The molecule has 0 aromatic carbocycles. The van der Waals surface area contributed by atoms with E-state index in [9.17, 15) is 0 Å². The van der Waals surface area contributed by atoms with Crippen LogP contribution in [0.25, 0.3) is 5.73 Å². The zero-order valence-electron chi connectivity index (χ0n) is 7.41. The zero-order chi connectivity index (χ0) is 6.91. The molecule has 1 nitrogen and oxygen atoms in total. The molecule has 0 spiro atoms. The molecule has 0 bridgehead atoms. The molecule has 1 saturated carbocycles. The Balaban J connectivity index is 0.000000810. The van der Waals surface area contributed by atoms with Crippen molar-refractivity contribution in [1.29, 1.82) is 0 Å². The van der Waals surface area contributed by atoms with Gasteiger partial charge >= 0.3 is 51.4 Å². The van der Waals surface area contributed by atoms with Gasteiger partial charge in [0, 0.05) is 0 Å². The molecule has 0 heterocycles. The van der Waals surface area contributed by atoms with Gasteiger partial charge in [0.25, 0.3) is 0 Å². The van der Waals surface area contributed by atoms with E-state index in [1.807, 2.05) is 0 Å². The summed E-state index contributed by atoms with van der Waals surface area (Å²) in [4.78, 5) is 0. The van der Waals surface area contributed by atoms with Crippen LogP contribution in [0.1, 0.15) is 33.1 Å². The summed E-state index contributed by atoms with van der Waals surface area (Å²) >= 11 is 0. The monoisotopic (exact) mass is 165 g/mol. The van der Waals surface area contributed by atoms with Gasteiger partial charge in [-0.05, 0) is 24.2 Å². The Hall–Kier alpha value is 1.60. The molecular weight excluding hydrogens is 149 g/mol. The summed E-state index contributed by atoms with van der Waals surface area (Å²) in [6.07, 6.45) is 3.96. The maximum atomic E-state index is 7.34. The number of hydrogen-bond acceptors (Lipinski definition) is 0. The van der Waals surface area contributed by atoms with Gasteiger partial charge in [0.05, 0.1) is 0 Å². The smallest absolute Gasteiger partial charge is 0.677 e. The molecule has 0 aromatic heterocycles. The van der Waals surface area contributed by atoms with E-state index in [-0.39, 0.29) is 51.4 Å². The molecule has 0 unspecified atom stereocenters. The average molecular weight is 165 g/mol. The van der Waals surface area contributed by atoms with Gasteiger partial charge in [-0.25, -0.2) is 0 Å². The third-order valence-electron chi connectivity index (χ3n) is 2.93. The van der Waals surface area contributed by atoms with Crippen LogP contribution in [-0.2, 0) is 0 Å². The molecule has 2 heteroatoms. The van der Waals surface area contributed by atoms with Crippen LogP contribution in [0, 0.1) is 11.3 Å². The Bertz CT molecular complexity index is 91.9. The summed E-state index contributed by atoms with van der Waals surface area (Å²) < 4.78 is 0. The predicted molar refractivity (Wildman–Crippen MR) is 40.3 cm³/mol. The van der Waals surface area contributed by atoms with Crippen LogP contribution in [0.4, 0.5) is 0 Å². The molecule has 1 rings (SSSR count). The van der Waals surface area contributed by atoms with Crippen molar-refractivity contribution < 1.29 is 51.4 Å². The summed E-state index contributed by atoms with van der Waals surface area (Å²) in [6, 6.07) is 0. The second-order valence-electron chi connectivity index (χ2n) is 3.55. The van der Waals surface area contributed by atoms with Crippen molar-refractivity contribution in [3.05, 3.63) is 5.73 Å². The van der Waals surface area contributed by atoms with E-state index >= 15 is 0 Å². The van der Waals surface area contributed by atoms with Crippen LogP contribution >= 0.6 is 0 Å². The molecule has 0 saturated heterocycles. The number of nitrogens with one attached hydrogen (secondary N) is 1. The van der Waals surface area contributed by atoms with Crippen molar-refractivity contribution in [2.45, 2.75) is 33.1 Å². The minimum Gasteiger partial charge on any atom is -0.677 e. The quantitative estimate of drug-likeness (QED) is 0.509. The first-order valence-corrected chi connectivity index (χ1v) is 3.86. The molecule has 0 amide bonds. The maximum absolute atomic E-state index is 7.34. The molecular formula is C8H16KN. The molecule has 1 N–H and O–H groups in total. The van der Waals surface area contributed by atoms with E-state index in [0.29, 0.717) is 12.0 Å². The van der Waals surface area contributed by atoms with Crippen molar-refractivity contribution in [2.75, 3.05) is 6.54 Å². The van der Waals surface area contributed by atoms with Crippen LogP contribution in [0.5, 0.6) is 0 Å². The summed E-state index contributed by atoms with van der Waals surface area (Å²) in [5, 5.41) is 0. The first-order valence-electron chi connectivity index (χ1n) is 3.86. The van der Waals surface area contributed by atoms with Crippen molar-refractivity contribution in [3.8, 4) is 0 Å². The first-order chi connectivity index (χ1) is 4.21. The second kappa shape index (κ2) is 4.58. The summed E-state index contributed by atoms with van der Waals surface area (Å²) in [6.45, 7) is 5.13. The third-order valence-corrected chi connectivity index (χ3v) is 2.93. The van der Waals surface area contributed by atoms with E-state index in [2.05, 4.69) is 13.8 Å². The van der Waals surface area contributed by atoms with Gasteiger partial charge in [-0.1, -0.05) is 20.3 Å². The summed E-state index contributed by atoms with van der Waals surface area (Å²) in [5.41, 5.74) is 7.77. The van der Waals surface area contributed by atoms with Gasteiger partial charge in [0.15, 0.2) is 0 Å². The van der Waals surface area contributed by atoms with Gasteiger partial charge in [-0.15, -0.1) is 6.54 Å². The van der Waals surface area contributed by atoms with Gasteiger partial charge < -0.3 is 5.73 Å². The Morgan fingerprint density at radius 2 is 1.90 bits per heavy atom. The normalized spacial score (nSPS) is 21.6. The second-order valence-corrected chi connectivity index (χ2v) is 3.55. The standard InChI is InChI=1S/C8H16N.K/c1-7(2)8(6-9)4-3-5-8;/h7,9H,3-6H2,1-2H3;/q-1;+1. The molecule has 0 atom stereocenters. The minimum absolute atomic E-state index is 0. The van der Waals surface area contributed by atoms with Crippen LogP contribution < -0.4 is 51.4 Å². The van der Waals surface area contributed by atoms with Crippen LogP contribution in [-0.4, -0.2) is 6.54 Å². The largest absolute Gasteiger partial charge is 1.00 e.